The molecule has 0 unspecified atom stereocenters. The van der Waals surface area contributed by atoms with Gasteiger partial charge in [-0.05, 0) is 54.3 Å². The number of carbonyl (C=O) groups is 2. The number of hydrogen-bond donors (Lipinski definition) is 1. The average Bonchev–Trinajstić information content (AvgIpc) is 2.88. The lowest BCUT2D eigenvalue weighted by Gasteiger charge is -2.32. The van der Waals surface area contributed by atoms with E-state index >= 15 is 0 Å². The van der Waals surface area contributed by atoms with Crippen LogP contribution in [-0.2, 0) is 28.3 Å². The van der Waals surface area contributed by atoms with Crippen LogP contribution in [0.1, 0.15) is 37.0 Å². The van der Waals surface area contributed by atoms with Crippen LogP contribution in [0.3, 0.4) is 0 Å². The molecule has 0 saturated heterocycles. The SMILES string of the molecule is CC[C@H](C)NC(=O)[C@H](Cc1ccccc1)N(Cc1cccc(Cl)c1)C(=O)CSCc1c(Cl)cccc1Cl. The minimum atomic E-state index is -0.688. The summed E-state index contributed by atoms with van der Waals surface area (Å²) >= 11 is 20.3. The molecule has 0 bridgehead atoms. The molecule has 3 aromatic rings. The zero-order chi connectivity index (χ0) is 26.8. The first-order valence-electron chi connectivity index (χ1n) is 12.2. The van der Waals surface area contributed by atoms with Gasteiger partial charge in [-0.1, -0.05) is 90.3 Å². The van der Waals surface area contributed by atoms with Crippen molar-refractivity contribution < 1.29 is 9.59 Å². The fourth-order valence-corrected chi connectivity index (χ4v) is 5.68. The molecule has 0 heterocycles. The molecule has 0 fully saturated rings. The van der Waals surface area contributed by atoms with Crippen LogP contribution >= 0.6 is 46.6 Å². The molecule has 8 heteroatoms. The lowest BCUT2D eigenvalue weighted by Crippen LogP contribution is -2.52. The molecule has 3 rings (SSSR count). The van der Waals surface area contributed by atoms with E-state index in [1.54, 1.807) is 29.2 Å². The minimum absolute atomic E-state index is 0.00867. The largest absolute Gasteiger partial charge is 0.352 e. The average molecular weight is 578 g/mol. The van der Waals surface area contributed by atoms with Gasteiger partial charge in [-0.25, -0.2) is 0 Å². The molecule has 2 amide bonds. The van der Waals surface area contributed by atoms with Crippen LogP contribution in [0.25, 0.3) is 0 Å². The minimum Gasteiger partial charge on any atom is -0.352 e. The quantitative estimate of drug-likeness (QED) is 0.243. The van der Waals surface area contributed by atoms with Crippen LogP contribution in [0.15, 0.2) is 72.8 Å². The first kappa shape index (κ1) is 29.4. The first-order valence-corrected chi connectivity index (χ1v) is 14.5. The lowest BCUT2D eigenvalue weighted by molar-refractivity contribution is -0.139. The predicted molar refractivity (Wildman–Crippen MR) is 156 cm³/mol. The van der Waals surface area contributed by atoms with Gasteiger partial charge >= 0.3 is 0 Å². The summed E-state index contributed by atoms with van der Waals surface area (Å²) in [5.41, 5.74) is 2.63. The van der Waals surface area contributed by atoms with Gasteiger partial charge in [-0.3, -0.25) is 9.59 Å². The van der Waals surface area contributed by atoms with E-state index in [2.05, 4.69) is 5.32 Å². The van der Waals surface area contributed by atoms with Gasteiger partial charge in [0.15, 0.2) is 0 Å². The summed E-state index contributed by atoms with van der Waals surface area (Å²) in [7, 11) is 0. The molecule has 2 atom stereocenters. The highest BCUT2D eigenvalue weighted by atomic mass is 35.5. The van der Waals surface area contributed by atoms with E-state index in [-0.39, 0.29) is 30.2 Å². The van der Waals surface area contributed by atoms with Crippen LogP contribution in [-0.4, -0.2) is 34.6 Å². The van der Waals surface area contributed by atoms with Crippen molar-refractivity contribution in [2.45, 2.75) is 51.1 Å². The molecule has 0 aliphatic heterocycles. The third-order valence-electron chi connectivity index (χ3n) is 6.05. The van der Waals surface area contributed by atoms with Crippen LogP contribution in [0.2, 0.25) is 15.1 Å². The van der Waals surface area contributed by atoms with Gasteiger partial charge < -0.3 is 10.2 Å². The van der Waals surface area contributed by atoms with Crippen molar-refractivity contribution in [1.29, 1.82) is 0 Å². The number of rotatable bonds is 12. The number of nitrogens with zero attached hydrogens (tertiary/aromatic N) is 1. The van der Waals surface area contributed by atoms with Gasteiger partial charge in [0, 0.05) is 39.8 Å². The summed E-state index contributed by atoms with van der Waals surface area (Å²) in [6.45, 7) is 4.24. The number of benzene rings is 3. The highest BCUT2D eigenvalue weighted by molar-refractivity contribution is 7.99. The Morgan fingerprint density at radius 3 is 2.22 bits per heavy atom. The van der Waals surface area contributed by atoms with E-state index in [9.17, 15) is 9.59 Å². The van der Waals surface area contributed by atoms with Crippen molar-refractivity contribution in [2.75, 3.05) is 5.75 Å². The third-order valence-corrected chi connectivity index (χ3v) is 7.93. The number of thioether (sulfide) groups is 1. The molecule has 3 aromatic carbocycles. The van der Waals surface area contributed by atoms with Crippen LogP contribution in [0.5, 0.6) is 0 Å². The van der Waals surface area contributed by atoms with E-state index < -0.39 is 6.04 Å². The Morgan fingerprint density at radius 1 is 0.919 bits per heavy atom. The Balaban J connectivity index is 1.88. The second-order valence-corrected chi connectivity index (χ2v) is 11.1. The fourth-order valence-electron chi connectivity index (χ4n) is 3.82. The fraction of sp³-hybridized carbons (Fsp3) is 0.310. The molecule has 0 saturated carbocycles. The monoisotopic (exact) mass is 576 g/mol. The number of nitrogens with one attached hydrogen (secondary N) is 1. The summed E-state index contributed by atoms with van der Waals surface area (Å²) < 4.78 is 0. The van der Waals surface area contributed by atoms with E-state index in [1.165, 1.54) is 11.8 Å². The van der Waals surface area contributed by atoms with Gasteiger partial charge in [0.1, 0.15) is 6.04 Å². The predicted octanol–water partition coefficient (Wildman–Crippen LogP) is 7.43. The highest BCUT2D eigenvalue weighted by Gasteiger charge is 2.31. The Kier molecular flexibility index (Phi) is 11.7. The van der Waals surface area contributed by atoms with Crippen LogP contribution in [0.4, 0.5) is 0 Å². The molecule has 37 heavy (non-hydrogen) atoms. The van der Waals surface area contributed by atoms with Crippen molar-refractivity contribution in [3.8, 4) is 0 Å². The van der Waals surface area contributed by atoms with Crippen molar-refractivity contribution in [2.24, 2.45) is 0 Å². The Hall–Kier alpha value is -2.18. The summed E-state index contributed by atoms with van der Waals surface area (Å²) in [5.74, 6) is 0.336. The van der Waals surface area contributed by atoms with E-state index in [0.717, 1.165) is 23.1 Å². The van der Waals surface area contributed by atoms with E-state index in [0.29, 0.717) is 27.2 Å². The highest BCUT2D eigenvalue weighted by Crippen LogP contribution is 2.28. The van der Waals surface area contributed by atoms with Gasteiger partial charge in [-0.15, -0.1) is 11.8 Å². The number of amides is 2. The Morgan fingerprint density at radius 2 is 1.57 bits per heavy atom. The molecular formula is C29H31Cl3N2O2S. The van der Waals surface area contributed by atoms with Gasteiger partial charge in [0.05, 0.1) is 5.75 Å². The zero-order valence-corrected chi connectivity index (χ0v) is 24.0. The second-order valence-electron chi connectivity index (χ2n) is 8.87. The molecule has 1 N–H and O–H groups in total. The normalized spacial score (nSPS) is 12.6. The lowest BCUT2D eigenvalue weighted by atomic mass is 10.0. The molecule has 0 aliphatic carbocycles. The van der Waals surface area contributed by atoms with Crippen LogP contribution in [0, 0.1) is 0 Å². The van der Waals surface area contributed by atoms with Gasteiger partial charge in [0.25, 0.3) is 0 Å². The Bertz CT molecular complexity index is 1170. The molecule has 0 aromatic heterocycles. The van der Waals surface area contributed by atoms with E-state index in [1.807, 2.05) is 62.4 Å². The maximum absolute atomic E-state index is 13.7. The molecular weight excluding hydrogens is 547 g/mol. The van der Waals surface area contributed by atoms with Crippen molar-refractivity contribution >= 4 is 58.4 Å². The summed E-state index contributed by atoms with van der Waals surface area (Å²) in [6.07, 6.45) is 1.19. The Labute approximate surface area is 238 Å². The molecule has 196 valence electrons. The van der Waals surface area contributed by atoms with Crippen molar-refractivity contribution in [1.82, 2.24) is 10.2 Å². The molecule has 0 spiro atoms. The number of halogens is 3. The van der Waals surface area contributed by atoms with E-state index in [4.69, 9.17) is 34.8 Å². The molecule has 0 aliphatic rings. The maximum Gasteiger partial charge on any atom is 0.243 e. The maximum atomic E-state index is 13.7. The first-order chi connectivity index (χ1) is 17.8. The van der Waals surface area contributed by atoms with Gasteiger partial charge in [-0.2, -0.15) is 0 Å². The van der Waals surface area contributed by atoms with Gasteiger partial charge in [0.2, 0.25) is 11.8 Å². The standard InChI is InChI=1S/C29H31Cl3N2O2S/c1-3-20(2)33-29(36)27(16-21-9-5-4-6-10-21)34(17-22-11-7-12-23(30)15-22)28(35)19-37-18-24-25(31)13-8-14-26(24)32/h4-15,20,27H,3,16-19H2,1-2H3,(H,33,36)/t20-,27-/m0/s1. The second kappa shape index (κ2) is 14.7. The van der Waals surface area contributed by atoms with Crippen LogP contribution < -0.4 is 5.32 Å². The molecule has 0 radical (unpaired) electrons. The van der Waals surface area contributed by atoms with Crippen molar-refractivity contribution in [3.05, 3.63) is 105 Å². The zero-order valence-electron chi connectivity index (χ0n) is 20.9. The number of carbonyl (C=O) groups excluding carboxylic acids is 2. The third kappa shape index (κ3) is 8.96. The summed E-state index contributed by atoms with van der Waals surface area (Å²) in [5, 5.41) is 4.79. The van der Waals surface area contributed by atoms with Crippen molar-refractivity contribution in [3.63, 3.8) is 0 Å². The summed E-state index contributed by atoms with van der Waals surface area (Å²) in [4.78, 5) is 28.9. The summed E-state index contributed by atoms with van der Waals surface area (Å²) in [6, 6.07) is 21.8. The number of hydrogen-bond acceptors (Lipinski definition) is 3. The smallest absolute Gasteiger partial charge is 0.243 e. The topological polar surface area (TPSA) is 49.4 Å². The molecule has 4 nitrogen and oxygen atoms in total.